The van der Waals surface area contributed by atoms with Crippen LogP contribution in [0.3, 0.4) is 0 Å². The Balaban J connectivity index is 2.43. The van der Waals surface area contributed by atoms with Crippen LogP contribution in [0.15, 0.2) is 22.8 Å². The summed E-state index contributed by atoms with van der Waals surface area (Å²) in [5.74, 6) is -1.54. The quantitative estimate of drug-likeness (QED) is 0.803. The Morgan fingerprint density at radius 3 is 2.39 bits per heavy atom. The second-order valence-electron chi connectivity index (χ2n) is 3.21. The van der Waals surface area contributed by atoms with Crippen molar-refractivity contribution in [3.63, 3.8) is 0 Å². The fourth-order valence-corrected chi connectivity index (χ4v) is 1.89. The maximum absolute atomic E-state index is 13.6. The van der Waals surface area contributed by atoms with Crippen LogP contribution in [0.1, 0.15) is 0 Å². The first kappa shape index (κ1) is 13.5. The molecule has 0 amide bonds. The Morgan fingerprint density at radius 2 is 1.78 bits per heavy atom. The number of hydrogen-bond acceptors (Lipinski definition) is 3. The van der Waals surface area contributed by atoms with E-state index >= 15 is 0 Å². The summed E-state index contributed by atoms with van der Waals surface area (Å²) in [7, 11) is 0. The molecule has 0 aliphatic carbocycles. The molecule has 0 fully saturated rings. The number of anilines is 2. The van der Waals surface area contributed by atoms with Crippen LogP contribution in [0.5, 0.6) is 0 Å². The Labute approximate surface area is 119 Å². The highest BCUT2D eigenvalue weighted by Gasteiger charge is 2.13. The maximum Gasteiger partial charge on any atom is 0.224 e. The van der Waals surface area contributed by atoms with Crippen LogP contribution in [0.4, 0.5) is 20.3 Å². The molecular formula is C10H4BrCl2F2N3. The van der Waals surface area contributed by atoms with Crippen LogP contribution in [0.25, 0.3) is 0 Å². The summed E-state index contributed by atoms with van der Waals surface area (Å²) < 4.78 is 27.4. The largest absolute Gasteiger partial charge is 0.334 e. The highest BCUT2D eigenvalue weighted by Crippen LogP contribution is 2.29. The van der Waals surface area contributed by atoms with Gasteiger partial charge in [0, 0.05) is 4.47 Å². The molecule has 18 heavy (non-hydrogen) atoms. The van der Waals surface area contributed by atoms with Crippen LogP contribution in [0, 0.1) is 11.6 Å². The zero-order valence-corrected chi connectivity index (χ0v) is 11.6. The number of aromatic nitrogens is 2. The molecule has 0 atom stereocenters. The zero-order valence-electron chi connectivity index (χ0n) is 8.52. The average Bonchev–Trinajstić information content (AvgIpc) is 2.28. The molecule has 1 aromatic heterocycles. The first-order chi connectivity index (χ1) is 8.47. The van der Waals surface area contributed by atoms with E-state index in [-0.39, 0.29) is 26.3 Å². The third-order valence-corrected chi connectivity index (χ3v) is 2.88. The second-order valence-corrected chi connectivity index (χ2v) is 4.87. The summed E-state index contributed by atoms with van der Waals surface area (Å²) in [6, 6.07) is 2.23. The van der Waals surface area contributed by atoms with Crippen molar-refractivity contribution < 1.29 is 8.78 Å². The van der Waals surface area contributed by atoms with E-state index in [0.717, 1.165) is 12.1 Å². The van der Waals surface area contributed by atoms with Gasteiger partial charge in [-0.25, -0.2) is 13.8 Å². The maximum atomic E-state index is 13.6. The van der Waals surface area contributed by atoms with Crippen LogP contribution >= 0.6 is 39.1 Å². The van der Waals surface area contributed by atoms with E-state index in [1.54, 1.807) is 0 Å². The van der Waals surface area contributed by atoms with E-state index in [0.29, 0.717) is 0 Å². The summed E-state index contributed by atoms with van der Waals surface area (Å²) in [6.07, 6.45) is 1.23. The first-order valence-electron chi connectivity index (χ1n) is 4.57. The molecule has 2 rings (SSSR count). The fourth-order valence-electron chi connectivity index (χ4n) is 1.21. The Bertz CT molecular complexity index is 587. The van der Waals surface area contributed by atoms with Crippen molar-refractivity contribution in [3.8, 4) is 0 Å². The molecule has 0 aliphatic rings. The molecule has 1 aromatic carbocycles. The number of nitrogens with zero attached hydrogens (tertiary/aromatic N) is 2. The molecule has 0 saturated carbocycles. The Morgan fingerprint density at radius 1 is 1.17 bits per heavy atom. The number of rotatable bonds is 2. The standard InChI is InChI=1S/C10H4BrCl2F2N3/c11-4-1-6(14)8(7(15)2-4)17-9-5(12)3-16-10(13)18-9/h1-3H,(H,16,17,18). The van der Waals surface area contributed by atoms with Crippen LogP contribution in [-0.2, 0) is 0 Å². The summed E-state index contributed by atoms with van der Waals surface area (Å²) in [6.45, 7) is 0. The van der Waals surface area contributed by atoms with Crippen molar-refractivity contribution >= 4 is 50.6 Å². The van der Waals surface area contributed by atoms with Crippen LogP contribution in [-0.4, -0.2) is 9.97 Å². The topological polar surface area (TPSA) is 37.8 Å². The van der Waals surface area contributed by atoms with Gasteiger partial charge >= 0.3 is 0 Å². The predicted octanol–water partition coefficient (Wildman–Crippen LogP) is 4.57. The molecule has 2 aromatic rings. The van der Waals surface area contributed by atoms with Crippen molar-refractivity contribution in [2.75, 3.05) is 5.32 Å². The molecule has 1 heterocycles. The highest BCUT2D eigenvalue weighted by molar-refractivity contribution is 9.10. The molecule has 8 heteroatoms. The number of benzene rings is 1. The van der Waals surface area contributed by atoms with Gasteiger partial charge in [0.1, 0.15) is 10.7 Å². The summed E-state index contributed by atoms with van der Waals surface area (Å²) in [5.41, 5.74) is -0.366. The number of nitrogens with one attached hydrogen (secondary N) is 1. The van der Waals surface area contributed by atoms with Crippen molar-refractivity contribution in [3.05, 3.63) is 44.7 Å². The number of halogens is 5. The predicted molar refractivity (Wildman–Crippen MR) is 69.4 cm³/mol. The van der Waals surface area contributed by atoms with Gasteiger partial charge in [-0.05, 0) is 23.7 Å². The Hall–Kier alpha value is -0.980. The molecule has 0 spiro atoms. The molecular weight excluding hydrogens is 351 g/mol. The fraction of sp³-hybridized carbons (Fsp3) is 0. The SMILES string of the molecule is Fc1cc(Br)cc(F)c1Nc1nc(Cl)ncc1Cl. The lowest BCUT2D eigenvalue weighted by molar-refractivity contribution is 0.589. The van der Waals surface area contributed by atoms with E-state index < -0.39 is 11.6 Å². The van der Waals surface area contributed by atoms with E-state index in [1.165, 1.54) is 6.20 Å². The molecule has 1 N–H and O–H groups in total. The smallest absolute Gasteiger partial charge is 0.224 e. The van der Waals surface area contributed by atoms with Gasteiger partial charge < -0.3 is 5.32 Å². The van der Waals surface area contributed by atoms with Crippen LogP contribution in [0.2, 0.25) is 10.3 Å². The van der Waals surface area contributed by atoms with Gasteiger partial charge in [0.2, 0.25) is 5.28 Å². The molecule has 94 valence electrons. The third kappa shape index (κ3) is 2.88. The van der Waals surface area contributed by atoms with E-state index in [2.05, 4.69) is 31.2 Å². The molecule has 3 nitrogen and oxygen atoms in total. The van der Waals surface area contributed by atoms with E-state index in [4.69, 9.17) is 23.2 Å². The van der Waals surface area contributed by atoms with Crippen LogP contribution < -0.4 is 5.32 Å². The lowest BCUT2D eigenvalue weighted by atomic mass is 10.3. The monoisotopic (exact) mass is 353 g/mol. The van der Waals surface area contributed by atoms with Gasteiger partial charge in [0.25, 0.3) is 0 Å². The van der Waals surface area contributed by atoms with Crippen molar-refractivity contribution in [2.24, 2.45) is 0 Å². The van der Waals surface area contributed by atoms with Gasteiger partial charge in [-0.1, -0.05) is 27.5 Å². The average molecular weight is 355 g/mol. The van der Waals surface area contributed by atoms with Crippen molar-refractivity contribution in [2.45, 2.75) is 0 Å². The lowest BCUT2D eigenvalue weighted by Crippen LogP contribution is -2.01. The summed E-state index contributed by atoms with van der Waals surface area (Å²) in [4.78, 5) is 7.37. The Kier molecular flexibility index (Phi) is 3.99. The molecule has 0 unspecified atom stereocenters. The van der Waals surface area contributed by atoms with E-state index in [1.807, 2.05) is 0 Å². The van der Waals surface area contributed by atoms with Gasteiger partial charge in [0.05, 0.1) is 6.20 Å². The number of hydrogen-bond donors (Lipinski definition) is 1. The van der Waals surface area contributed by atoms with E-state index in [9.17, 15) is 8.78 Å². The van der Waals surface area contributed by atoms with Gasteiger partial charge in [-0.15, -0.1) is 0 Å². The molecule has 0 aliphatic heterocycles. The minimum absolute atomic E-state index is 0.0248. The molecule has 0 saturated heterocycles. The van der Waals surface area contributed by atoms with Gasteiger partial charge in [0.15, 0.2) is 17.5 Å². The molecule has 0 radical (unpaired) electrons. The minimum atomic E-state index is -0.785. The minimum Gasteiger partial charge on any atom is -0.334 e. The lowest BCUT2D eigenvalue weighted by Gasteiger charge is -2.09. The molecule has 0 bridgehead atoms. The highest BCUT2D eigenvalue weighted by atomic mass is 79.9. The second kappa shape index (κ2) is 5.34. The third-order valence-electron chi connectivity index (χ3n) is 1.96. The first-order valence-corrected chi connectivity index (χ1v) is 6.12. The van der Waals surface area contributed by atoms with Gasteiger partial charge in [-0.2, -0.15) is 4.98 Å². The summed E-state index contributed by atoms with van der Waals surface area (Å²) in [5, 5.41) is 2.45. The normalized spacial score (nSPS) is 10.5. The van der Waals surface area contributed by atoms with Crippen molar-refractivity contribution in [1.82, 2.24) is 9.97 Å². The van der Waals surface area contributed by atoms with Crippen molar-refractivity contribution in [1.29, 1.82) is 0 Å². The zero-order chi connectivity index (χ0) is 13.3. The summed E-state index contributed by atoms with van der Waals surface area (Å²) >= 11 is 14.3. The van der Waals surface area contributed by atoms with Gasteiger partial charge in [-0.3, -0.25) is 0 Å².